The second-order valence-corrected chi connectivity index (χ2v) is 7.41. The zero-order chi connectivity index (χ0) is 19.3. The Morgan fingerprint density at radius 2 is 1.79 bits per heavy atom. The smallest absolute Gasteiger partial charge is 0.296 e. The van der Waals surface area contributed by atoms with E-state index in [1.54, 1.807) is 42.6 Å². The van der Waals surface area contributed by atoms with E-state index in [4.69, 9.17) is 4.42 Å². The summed E-state index contributed by atoms with van der Waals surface area (Å²) in [5.41, 5.74) is 1.34. The molecule has 4 aromatic rings. The van der Waals surface area contributed by atoms with Crippen LogP contribution in [0.2, 0.25) is 0 Å². The number of halogens is 1. The third kappa shape index (κ3) is 2.49. The standard InChI is InChI=1S/C22H13BrN2O3/c23-14-7-5-6-13(12-14)19-18-20(26)15-8-1-2-9-16(15)28-21(18)22(27)25(19)17-10-3-4-11-24-17/h1-12,19H. The monoisotopic (exact) mass is 432 g/mol. The minimum absolute atomic E-state index is 0.0688. The number of fused-ring (bicyclic) bond motifs is 2. The van der Waals surface area contributed by atoms with Gasteiger partial charge in [0.05, 0.1) is 17.0 Å². The van der Waals surface area contributed by atoms with E-state index < -0.39 is 6.04 Å². The molecule has 0 saturated carbocycles. The number of nitrogens with zero attached hydrogens (tertiary/aromatic N) is 2. The van der Waals surface area contributed by atoms with E-state index in [-0.39, 0.29) is 17.1 Å². The fourth-order valence-corrected chi connectivity index (χ4v) is 4.06. The van der Waals surface area contributed by atoms with Crippen molar-refractivity contribution in [1.29, 1.82) is 0 Å². The number of rotatable bonds is 2. The van der Waals surface area contributed by atoms with Crippen LogP contribution >= 0.6 is 15.9 Å². The fraction of sp³-hybridized carbons (Fsp3) is 0.0455. The Hall–Kier alpha value is -3.25. The Labute approximate surface area is 168 Å². The third-order valence-corrected chi connectivity index (χ3v) is 5.33. The molecule has 0 fully saturated rings. The Balaban J connectivity index is 1.84. The highest BCUT2D eigenvalue weighted by molar-refractivity contribution is 9.10. The van der Waals surface area contributed by atoms with Gasteiger partial charge in [-0.25, -0.2) is 4.98 Å². The van der Waals surface area contributed by atoms with Crippen molar-refractivity contribution in [3.8, 4) is 0 Å². The second kappa shape index (κ2) is 6.42. The minimum atomic E-state index is -0.615. The Bertz CT molecular complexity index is 1280. The first-order valence-electron chi connectivity index (χ1n) is 8.71. The molecule has 0 bridgehead atoms. The minimum Gasteiger partial charge on any atom is -0.450 e. The van der Waals surface area contributed by atoms with Crippen molar-refractivity contribution in [2.45, 2.75) is 6.04 Å². The molecule has 5 rings (SSSR count). The van der Waals surface area contributed by atoms with Crippen molar-refractivity contribution in [1.82, 2.24) is 4.98 Å². The van der Waals surface area contributed by atoms with Crippen LogP contribution in [0.15, 0.2) is 86.6 Å². The summed E-state index contributed by atoms with van der Waals surface area (Å²) in [6.45, 7) is 0. The largest absolute Gasteiger partial charge is 0.450 e. The van der Waals surface area contributed by atoms with Gasteiger partial charge in [-0.3, -0.25) is 14.5 Å². The van der Waals surface area contributed by atoms with Gasteiger partial charge in [0.25, 0.3) is 5.91 Å². The van der Waals surface area contributed by atoms with Crippen LogP contribution < -0.4 is 10.3 Å². The topological polar surface area (TPSA) is 63.4 Å². The van der Waals surface area contributed by atoms with Crippen LogP contribution in [0.25, 0.3) is 11.0 Å². The first-order valence-corrected chi connectivity index (χ1v) is 9.50. The first kappa shape index (κ1) is 16.9. The Morgan fingerprint density at radius 1 is 0.964 bits per heavy atom. The van der Waals surface area contributed by atoms with E-state index in [2.05, 4.69) is 20.9 Å². The molecular formula is C22H13BrN2O3. The highest BCUT2D eigenvalue weighted by Crippen LogP contribution is 2.40. The lowest BCUT2D eigenvalue weighted by molar-refractivity contribution is 0.0970. The van der Waals surface area contributed by atoms with Crippen LogP contribution in [0.4, 0.5) is 5.82 Å². The molecule has 1 aliphatic heterocycles. The SMILES string of the molecule is O=C1c2oc3ccccc3c(=O)c2C(c2cccc(Br)c2)N1c1ccccn1. The van der Waals surface area contributed by atoms with E-state index in [0.29, 0.717) is 22.4 Å². The maximum absolute atomic E-state index is 13.3. The van der Waals surface area contributed by atoms with E-state index in [1.165, 1.54) is 4.90 Å². The molecule has 1 aliphatic rings. The number of hydrogen-bond donors (Lipinski definition) is 0. The van der Waals surface area contributed by atoms with Gasteiger partial charge in [-0.15, -0.1) is 0 Å². The number of amides is 1. The van der Waals surface area contributed by atoms with E-state index >= 15 is 0 Å². The normalized spacial score (nSPS) is 15.8. The summed E-state index contributed by atoms with van der Waals surface area (Å²) >= 11 is 3.48. The maximum atomic E-state index is 13.3. The number of carbonyl (C=O) groups is 1. The molecule has 0 N–H and O–H groups in total. The van der Waals surface area contributed by atoms with E-state index in [9.17, 15) is 9.59 Å². The van der Waals surface area contributed by atoms with Crippen molar-refractivity contribution in [2.24, 2.45) is 0 Å². The van der Waals surface area contributed by atoms with Crippen LogP contribution in [-0.4, -0.2) is 10.9 Å². The molecule has 0 radical (unpaired) electrons. The molecule has 1 amide bonds. The van der Waals surface area contributed by atoms with Crippen molar-refractivity contribution in [3.63, 3.8) is 0 Å². The molecule has 2 aromatic carbocycles. The average Bonchev–Trinajstić information content (AvgIpc) is 3.02. The van der Waals surface area contributed by atoms with Gasteiger partial charge in [-0.05, 0) is 42.0 Å². The van der Waals surface area contributed by atoms with E-state index in [0.717, 1.165) is 10.0 Å². The van der Waals surface area contributed by atoms with Gasteiger partial charge in [-0.1, -0.05) is 46.3 Å². The van der Waals surface area contributed by atoms with Crippen LogP contribution in [0, 0.1) is 0 Å². The lowest BCUT2D eigenvalue weighted by Crippen LogP contribution is -2.30. The van der Waals surface area contributed by atoms with Crippen molar-refractivity contribution >= 4 is 38.6 Å². The lowest BCUT2D eigenvalue weighted by Gasteiger charge is -2.24. The summed E-state index contributed by atoms with van der Waals surface area (Å²) in [7, 11) is 0. The Morgan fingerprint density at radius 3 is 2.57 bits per heavy atom. The summed E-state index contributed by atoms with van der Waals surface area (Å²) < 4.78 is 6.76. The molecular weight excluding hydrogens is 420 g/mol. The third-order valence-electron chi connectivity index (χ3n) is 4.84. The molecule has 6 heteroatoms. The highest BCUT2D eigenvalue weighted by atomic mass is 79.9. The molecule has 2 aromatic heterocycles. The van der Waals surface area contributed by atoms with E-state index in [1.807, 2.05) is 30.3 Å². The predicted octanol–water partition coefficient (Wildman–Crippen LogP) is 4.70. The zero-order valence-electron chi connectivity index (χ0n) is 14.5. The highest BCUT2D eigenvalue weighted by Gasteiger charge is 2.44. The van der Waals surface area contributed by atoms with Crippen LogP contribution in [0.3, 0.4) is 0 Å². The number of aromatic nitrogens is 1. The van der Waals surface area contributed by atoms with Gasteiger partial charge in [0.2, 0.25) is 5.76 Å². The summed E-state index contributed by atoms with van der Waals surface area (Å²) in [5.74, 6) is 0.160. The molecule has 0 saturated heterocycles. The number of benzene rings is 2. The lowest BCUT2D eigenvalue weighted by atomic mass is 9.98. The van der Waals surface area contributed by atoms with Crippen LogP contribution in [0.1, 0.15) is 27.7 Å². The molecule has 3 heterocycles. The van der Waals surface area contributed by atoms with Crippen LogP contribution in [-0.2, 0) is 0 Å². The quantitative estimate of drug-likeness (QED) is 0.460. The van der Waals surface area contributed by atoms with Gasteiger partial charge in [-0.2, -0.15) is 0 Å². The first-order chi connectivity index (χ1) is 13.6. The number of anilines is 1. The van der Waals surface area contributed by atoms with Crippen molar-refractivity contribution < 1.29 is 9.21 Å². The van der Waals surface area contributed by atoms with Gasteiger partial charge >= 0.3 is 0 Å². The molecule has 0 aliphatic carbocycles. The number of para-hydroxylation sites is 1. The molecule has 1 atom stereocenters. The van der Waals surface area contributed by atoms with Gasteiger partial charge in [0.1, 0.15) is 11.4 Å². The summed E-state index contributed by atoms with van der Waals surface area (Å²) in [4.78, 5) is 32.5. The number of hydrogen-bond acceptors (Lipinski definition) is 4. The number of pyridine rings is 1. The van der Waals surface area contributed by atoms with Gasteiger partial charge in [0.15, 0.2) is 5.43 Å². The molecule has 1 unspecified atom stereocenters. The summed E-state index contributed by atoms with van der Waals surface area (Å²) in [6, 6.07) is 19.3. The molecule has 28 heavy (non-hydrogen) atoms. The second-order valence-electron chi connectivity index (χ2n) is 6.49. The van der Waals surface area contributed by atoms with Gasteiger partial charge in [0, 0.05) is 10.7 Å². The molecule has 0 spiro atoms. The summed E-state index contributed by atoms with van der Waals surface area (Å²) in [5, 5.41) is 0.455. The molecule has 5 nitrogen and oxygen atoms in total. The van der Waals surface area contributed by atoms with Gasteiger partial charge < -0.3 is 4.42 Å². The fourth-order valence-electron chi connectivity index (χ4n) is 3.64. The number of carbonyl (C=O) groups excluding carboxylic acids is 1. The summed E-state index contributed by atoms with van der Waals surface area (Å²) in [6.07, 6.45) is 1.62. The maximum Gasteiger partial charge on any atom is 0.296 e. The predicted molar refractivity (Wildman–Crippen MR) is 110 cm³/mol. The zero-order valence-corrected chi connectivity index (χ0v) is 16.1. The Kier molecular flexibility index (Phi) is 3.87. The molecule has 136 valence electrons. The van der Waals surface area contributed by atoms with Crippen molar-refractivity contribution in [2.75, 3.05) is 4.90 Å². The van der Waals surface area contributed by atoms with Crippen LogP contribution in [0.5, 0.6) is 0 Å². The average molecular weight is 433 g/mol. The van der Waals surface area contributed by atoms with Crippen molar-refractivity contribution in [3.05, 3.63) is 105 Å².